The first kappa shape index (κ1) is 17.8. The molecule has 1 amide bonds. The van der Waals surface area contributed by atoms with Crippen molar-refractivity contribution in [1.29, 1.82) is 0 Å². The van der Waals surface area contributed by atoms with Gasteiger partial charge in [0, 0.05) is 45.2 Å². The number of carbonyl (C=O) groups is 2. The van der Waals surface area contributed by atoms with E-state index in [1.807, 2.05) is 11.0 Å². The molecule has 1 aliphatic carbocycles. The summed E-state index contributed by atoms with van der Waals surface area (Å²) in [6.07, 6.45) is 5.41. The van der Waals surface area contributed by atoms with Crippen molar-refractivity contribution in [2.24, 2.45) is 7.05 Å². The molecule has 0 spiro atoms. The first-order chi connectivity index (χ1) is 13.0. The number of furan rings is 1. The molecular formula is C21H24N2O4. The maximum absolute atomic E-state index is 13.1. The second-order valence-electron chi connectivity index (χ2n) is 7.58. The average molecular weight is 368 g/mol. The molecule has 0 unspecified atom stereocenters. The Morgan fingerprint density at radius 2 is 1.93 bits per heavy atom. The molecule has 0 radical (unpaired) electrons. The normalized spacial score (nSPS) is 17.9. The predicted octanol–water partition coefficient (Wildman–Crippen LogP) is 2.83. The highest BCUT2D eigenvalue weighted by Crippen LogP contribution is 2.33. The van der Waals surface area contributed by atoms with Gasteiger partial charge in [-0.15, -0.1) is 0 Å². The summed E-state index contributed by atoms with van der Waals surface area (Å²) in [6.45, 7) is 3.00. The lowest BCUT2D eigenvalue weighted by Gasteiger charge is -2.32. The molecule has 27 heavy (non-hydrogen) atoms. The zero-order valence-corrected chi connectivity index (χ0v) is 15.8. The van der Waals surface area contributed by atoms with Gasteiger partial charge in [0.1, 0.15) is 11.5 Å². The molecule has 2 aliphatic rings. The lowest BCUT2D eigenvalue weighted by molar-refractivity contribution is 0.0706. The van der Waals surface area contributed by atoms with Crippen LogP contribution in [0.5, 0.6) is 0 Å². The number of rotatable bonds is 2. The number of nitrogens with zero attached hydrogens (tertiary/aromatic N) is 2. The van der Waals surface area contributed by atoms with Gasteiger partial charge in [0.25, 0.3) is 11.5 Å². The number of fused-ring (bicyclic) bond motifs is 1. The molecule has 0 saturated carbocycles. The summed E-state index contributed by atoms with van der Waals surface area (Å²) >= 11 is 0. The second-order valence-corrected chi connectivity index (χ2v) is 7.58. The first-order valence-corrected chi connectivity index (χ1v) is 9.57. The highest BCUT2D eigenvalue weighted by molar-refractivity contribution is 6.10. The van der Waals surface area contributed by atoms with E-state index in [0.717, 1.165) is 31.2 Å². The van der Waals surface area contributed by atoms with Gasteiger partial charge in [-0.25, -0.2) is 0 Å². The molecule has 142 valence electrons. The number of likely N-dealkylation sites (tertiary alicyclic amines) is 1. The van der Waals surface area contributed by atoms with Gasteiger partial charge < -0.3 is 13.9 Å². The van der Waals surface area contributed by atoms with E-state index in [1.54, 1.807) is 30.8 Å². The van der Waals surface area contributed by atoms with Crippen molar-refractivity contribution in [1.82, 2.24) is 9.47 Å². The third kappa shape index (κ3) is 3.13. The molecule has 6 nitrogen and oxygen atoms in total. The fourth-order valence-corrected chi connectivity index (χ4v) is 4.26. The minimum atomic E-state index is -0.102. The Kier molecular flexibility index (Phi) is 4.50. The van der Waals surface area contributed by atoms with Crippen LogP contribution in [0.4, 0.5) is 0 Å². The summed E-state index contributed by atoms with van der Waals surface area (Å²) in [5.41, 5.74) is 2.00. The van der Waals surface area contributed by atoms with Crippen LogP contribution in [0.25, 0.3) is 0 Å². The number of aryl methyl sites for hydroxylation is 3. The summed E-state index contributed by atoms with van der Waals surface area (Å²) in [5, 5.41) is 0. The van der Waals surface area contributed by atoms with Crippen molar-refractivity contribution >= 4 is 11.7 Å². The van der Waals surface area contributed by atoms with Crippen LogP contribution in [-0.4, -0.2) is 34.2 Å². The Morgan fingerprint density at radius 3 is 2.63 bits per heavy atom. The summed E-state index contributed by atoms with van der Waals surface area (Å²) in [5.74, 6) is 1.42. The fraction of sp³-hybridized carbons (Fsp3) is 0.476. The number of hydrogen-bond donors (Lipinski definition) is 0. The number of carbonyl (C=O) groups excluding carboxylic acids is 2. The number of hydrogen-bond acceptors (Lipinski definition) is 4. The van der Waals surface area contributed by atoms with Gasteiger partial charge in [-0.3, -0.25) is 14.4 Å². The fourth-order valence-electron chi connectivity index (χ4n) is 4.26. The van der Waals surface area contributed by atoms with E-state index >= 15 is 0 Å². The zero-order valence-electron chi connectivity index (χ0n) is 15.8. The van der Waals surface area contributed by atoms with Crippen molar-refractivity contribution in [2.45, 2.75) is 44.9 Å². The van der Waals surface area contributed by atoms with Crippen LogP contribution in [0.3, 0.4) is 0 Å². The van der Waals surface area contributed by atoms with Crippen LogP contribution in [0, 0.1) is 6.92 Å². The Labute approximate surface area is 157 Å². The van der Waals surface area contributed by atoms with E-state index < -0.39 is 0 Å². The lowest BCUT2D eigenvalue weighted by atomic mass is 9.89. The molecular weight excluding hydrogens is 344 g/mol. The minimum Gasteiger partial charge on any atom is -0.465 e. The summed E-state index contributed by atoms with van der Waals surface area (Å²) in [7, 11) is 1.74. The summed E-state index contributed by atoms with van der Waals surface area (Å²) in [6, 6.07) is 3.68. The van der Waals surface area contributed by atoms with Crippen LogP contribution < -0.4 is 5.56 Å². The molecule has 1 aliphatic heterocycles. The number of amides is 1. The van der Waals surface area contributed by atoms with E-state index in [1.165, 1.54) is 0 Å². The molecule has 6 heteroatoms. The van der Waals surface area contributed by atoms with Crippen LogP contribution in [-0.2, 0) is 13.5 Å². The van der Waals surface area contributed by atoms with Gasteiger partial charge in [0.05, 0.1) is 11.1 Å². The van der Waals surface area contributed by atoms with Crippen LogP contribution >= 0.6 is 0 Å². The van der Waals surface area contributed by atoms with E-state index in [2.05, 4.69) is 0 Å². The van der Waals surface area contributed by atoms with Crippen LogP contribution in [0.2, 0.25) is 0 Å². The molecule has 0 aromatic carbocycles. The number of ketones is 1. The van der Waals surface area contributed by atoms with Crippen LogP contribution in [0.1, 0.15) is 69.4 Å². The molecule has 1 saturated heterocycles. The molecule has 0 atom stereocenters. The number of aromatic nitrogens is 1. The van der Waals surface area contributed by atoms with Crippen molar-refractivity contribution in [3.63, 3.8) is 0 Å². The van der Waals surface area contributed by atoms with Crippen molar-refractivity contribution in [3.8, 4) is 0 Å². The van der Waals surface area contributed by atoms with E-state index in [-0.39, 0.29) is 23.2 Å². The third-order valence-corrected chi connectivity index (χ3v) is 5.84. The van der Waals surface area contributed by atoms with E-state index in [0.29, 0.717) is 42.2 Å². The molecule has 3 heterocycles. The number of Topliss-reactive ketones (excluding diaryl/α,β-unsaturated/α-hetero) is 1. The molecule has 1 fully saturated rings. The summed E-state index contributed by atoms with van der Waals surface area (Å²) in [4.78, 5) is 39.1. The Balaban J connectivity index is 1.51. The van der Waals surface area contributed by atoms with Gasteiger partial charge in [-0.1, -0.05) is 0 Å². The summed E-state index contributed by atoms with van der Waals surface area (Å²) < 4.78 is 7.29. The van der Waals surface area contributed by atoms with Gasteiger partial charge in [0.2, 0.25) is 0 Å². The lowest BCUT2D eigenvalue weighted by Crippen LogP contribution is -2.39. The monoisotopic (exact) mass is 368 g/mol. The first-order valence-electron chi connectivity index (χ1n) is 9.57. The largest absolute Gasteiger partial charge is 0.465 e. The van der Waals surface area contributed by atoms with Crippen molar-refractivity contribution < 1.29 is 14.0 Å². The van der Waals surface area contributed by atoms with E-state index in [4.69, 9.17) is 4.42 Å². The third-order valence-electron chi connectivity index (χ3n) is 5.84. The van der Waals surface area contributed by atoms with Gasteiger partial charge >= 0.3 is 0 Å². The van der Waals surface area contributed by atoms with Crippen molar-refractivity contribution in [2.75, 3.05) is 13.1 Å². The highest BCUT2D eigenvalue weighted by atomic mass is 16.3. The Hall–Kier alpha value is -2.63. The Morgan fingerprint density at radius 1 is 1.19 bits per heavy atom. The van der Waals surface area contributed by atoms with Gasteiger partial charge in [-0.2, -0.15) is 0 Å². The minimum absolute atomic E-state index is 0.00910. The number of piperidine rings is 1. The second kappa shape index (κ2) is 6.83. The van der Waals surface area contributed by atoms with Gasteiger partial charge in [0.15, 0.2) is 5.78 Å². The predicted molar refractivity (Wildman–Crippen MR) is 100 cm³/mol. The molecule has 2 aromatic rings. The maximum Gasteiger partial charge on any atom is 0.258 e. The quantitative estimate of drug-likeness (QED) is 0.817. The van der Waals surface area contributed by atoms with E-state index in [9.17, 15) is 14.4 Å². The standard InChI is InChI=1S/C21H24N2O4/c1-13-19(20-16(24)4-3-5-17(20)27-13)21(26)23-10-7-14(8-11-23)15-6-9-22(2)18(25)12-15/h6,9,12,14H,3-5,7-8,10-11H2,1-2H3. The van der Waals surface area contributed by atoms with Gasteiger partial charge in [-0.05, 0) is 43.7 Å². The number of pyridine rings is 1. The average Bonchev–Trinajstić information content (AvgIpc) is 3.01. The SMILES string of the molecule is Cc1oc2c(c1C(=O)N1CCC(c3ccn(C)c(=O)c3)CC1)C(=O)CCC2. The topological polar surface area (TPSA) is 72.5 Å². The maximum atomic E-state index is 13.1. The Bertz CT molecular complexity index is 961. The smallest absolute Gasteiger partial charge is 0.258 e. The molecule has 0 N–H and O–H groups in total. The van der Waals surface area contributed by atoms with Crippen LogP contribution in [0.15, 0.2) is 27.5 Å². The van der Waals surface area contributed by atoms with Crippen molar-refractivity contribution in [3.05, 3.63) is 56.9 Å². The molecule has 0 bridgehead atoms. The zero-order chi connectivity index (χ0) is 19.1. The molecule has 4 rings (SSSR count). The molecule has 2 aromatic heterocycles. The highest BCUT2D eigenvalue weighted by Gasteiger charge is 2.34.